The molecule has 0 radical (unpaired) electrons. The maximum absolute atomic E-state index is 10.8. The van der Waals surface area contributed by atoms with Crippen molar-refractivity contribution in [3.05, 3.63) is 59.7 Å². The van der Waals surface area contributed by atoms with Gasteiger partial charge in [0.1, 0.15) is 11.5 Å². The minimum atomic E-state index is -0.0200. The molecule has 2 aromatic carbocycles. The summed E-state index contributed by atoms with van der Waals surface area (Å²) >= 11 is 0. The fourth-order valence-corrected chi connectivity index (χ4v) is 5.04. The lowest BCUT2D eigenvalue weighted by molar-refractivity contribution is -0.120. The monoisotopic (exact) mass is 436 g/mol. The average Bonchev–Trinajstić information content (AvgIpc) is 2.81. The SMILES string of the molecule is CCC(C)Oc1ccc(C2(c3ccc(OC=O)cc3)CCCCCCCCCCC2)cc1. The van der Waals surface area contributed by atoms with Gasteiger partial charge in [0.15, 0.2) is 0 Å². The first-order chi connectivity index (χ1) is 15.7. The van der Waals surface area contributed by atoms with Gasteiger partial charge >= 0.3 is 0 Å². The Bertz CT molecular complexity index is 782. The Balaban J connectivity index is 1.95. The summed E-state index contributed by atoms with van der Waals surface area (Å²) in [6.45, 7) is 4.76. The van der Waals surface area contributed by atoms with Gasteiger partial charge in [-0.05, 0) is 61.6 Å². The summed E-state index contributed by atoms with van der Waals surface area (Å²) in [6, 6.07) is 17.0. The number of ether oxygens (including phenoxy) is 2. The fraction of sp³-hybridized carbons (Fsp3) is 0.552. The van der Waals surface area contributed by atoms with Crippen LogP contribution >= 0.6 is 0 Å². The van der Waals surface area contributed by atoms with E-state index in [1.54, 1.807) is 0 Å². The summed E-state index contributed by atoms with van der Waals surface area (Å²) < 4.78 is 11.1. The van der Waals surface area contributed by atoms with Crippen molar-refractivity contribution < 1.29 is 14.3 Å². The second-order valence-electron chi connectivity index (χ2n) is 9.36. The molecule has 3 heteroatoms. The molecule has 0 spiro atoms. The van der Waals surface area contributed by atoms with Gasteiger partial charge in [-0.1, -0.05) is 89.0 Å². The standard InChI is InChI=1S/C29H40O3/c1-3-24(2)32-28-19-15-26(16-20-28)29(25-13-17-27(18-14-25)31-23-30)21-11-9-7-5-4-6-8-10-12-22-29/h13-20,23-24H,3-12,21-22H2,1-2H3. The molecule has 1 unspecified atom stereocenters. The number of benzene rings is 2. The van der Waals surface area contributed by atoms with Crippen molar-refractivity contribution in [2.45, 2.75) is 102 Å². The van der Waals surface area contributed by atoms with E-state index in [4.69, 9.17) is 9.47 Å². The molecule has 0 aromatic heterocycles. The Morgan fingerprint density at radius 1 is 0.750 bits per heavy atom. The molecule has 1 aliphatic carbocycles. The van der Waals surface area contributed by atoms with Crippen molar-refractivity contribution in [3.8, 4) is 11.5 Å². The van der Waals surface area contributed by atoms with Crippen molar-refractivity contribution in [1.82, 2.24) is 0 Å². The molecule has 32 heavy (non-hydrogen) atoms. The minimum Gasteiger partial charge on any atom is -0.491 e. The molecule has 2 aromatic rings. The Hall–Kier alpha value is -2.29. The van der Waals surface area contributed by atoms with Crippen LogP contribution in [0, 0.1) is 0 Å². The van der Waals surface area contributed by atoms with Crippen molar-refractivity contribution in [3.63, 3.8) is 0 Å². The lowest BCUT2D eigenvalue weighted by Gasteiger charge is -2.36. The number of rotatable bonds is 7. The van der Waals surface area contributed by atoms with Crippen LogP contribution < -0.4 is 9.47 Å². The fourth-order valence-electron chi connectivity index (χ4n) is 5.04. The van der Waals surface area contributed by atoms with E-state index in [-0.39, 0.29) is 11.5 Å². The van der Waals surface area contributed by atoms with Gasteiger partial charge in [0, 0.05) is 5.41 Å². The van der Waals surface area contributed by atoms with Gasteiger partial charge in [-0.2, -0.15) is 0 Å². The van der Waals surface area contributed by atoms with Gasteiger partial charge in [-0.25, -0.2) is 0 Å². The van der Waals surface area contributed by atoms with E-state index in [2.05, 4.69) is 50.2 Å². The molecule has 1 fully saturated rings. The van der Waals surface area contributed by atoms with Crippen molar-refractivity contribution >= 4 is 6.47 Å². The first-order valence-corrected chi connectivity index (χ1v) is 12.7. The van der Waals surface area contributed by atoms with E-state index in [0.29, 0.717) is 12.2 Å². The molecule has 3 rings (SSSR count). The second-order valence-corrected chi connectivity index (χ2v) is 9.36. The maximum atomic E-state index is 10.8. The molecule has 0 amide bonds. The van der Waals surface area contributed by atoms with E-state index >= 15 is 0 Å². The second kappa shape index (κ2) is 12.7. The van der Waals surface area contributed by atoms with E-state index in [1.807, 2.05) is 12.1 Å². The molecular weight excluding hydrogens is 396 g/mol. The molecule has 0 heterocycles. The normalized spacial score (nSPS) is 18.6. The predicted octanol–water partition coefficient (Wildman–Crippen LogP) is 7.99. The third kappa shape index (κ3) is 6.60. The summed E-state index contributed by atoms with van der Waals surface area (Å²) in [7, 11) is 0. The largest absolute Gasteiger partial charge is 0.491 e. The predicted molar refractivity (Wildman–Crippen MR) is 132 cm³/mol. The lowest BCUT2D eigenvalue weighted by atomic mass is 9.67. The zero-order chi connectivity index (χ0) is 22.7. The molecule has 1 atom stereocenters. The van der Waals surface area contributed by atoms with Crippen LogP contribution in [0.15, 0.2) is 48.5 Å². The van der Waals surface area contributed by atoms with Crippen LogP contribution in [0.1, 0.15) is 102 Å². The van der Waals surface area contributed by atoms with Crippen LogP contribution in [0.2, 0.25) is 0 Å². The van der Waals surface area contributed by atoms with E-state index in [9.17, 15) is 4.79 Å². The quantitative estimate of drug-likeness (QED) is 0.413. The minimum absolute atomic E-state index is 0.0200. The maximum Gasteiger partial charge on any atom is 0.298 e. The molecule has 174 valence electrons. The molecule has 0 saturated heterocycles. The Morgan fingerprint density at radius 3 is 1.62 bits per heavy atom. The van der Waals surface area contributed by atoms with Crippen LogP contribution in [-0.2, 0) is 10.2 Å². The zero-order valence-electron chi connectivity index (χ0n) is 20.0. The lowest BCUT2D eigenvalue weighted by Crippen LogP contribution is -2.28. The highest BCUT2D eigenvalue weighted by atomic mass is 16.5. The topological polar surface area (TPSA) is 35.5 Å². The molecule has 3 nitrogen and oxygen atoms in total. The summed E-state index contributed by atoms with van der Waals surface area (Å²) in [5, 5.41) is 0. The molecule has 1 saturated carbocycles. The highest BCUT2D eigenvalue weighted by molar-refractivity contribution is 5.48. The van der Waals surface area contributed by atoms with Crippen LogP contribution in [0.5, 0.6) is 11.5 Å². The molecular formula is C29H40O3. The summed E-state index contributed by atoms with van der Waals surface area (Å²) in [4.78, 5) is 10.8. The van der Waals surface area contributed by atoms with Crippen LogP contribution in [0.3, 0.4) is 0 Å². The first kappa shape index (κ1) is 24.4. The summed E-state index contributed by atoms with van der Waals surface area (Å²) in [5.74, 6) is 1.55. The van der Waals surface area contributed by atoms with Crippen molar-refractivity contribution in [2.75, 3.05) is 0 Å². The molecule has 0 N–H and O–H groups in total. The third-order valence-electron chi connectivity index (χ3n) is 7.12. The van der Waals surface area contributed by atoms with Crippen molar-refractivity contribution in [2.24, 2.45) is 0 Å². The summed E-state index contributed by atoms with van der Waals surface area (Å²) in [6.07, 6.45) is 15.4. The van der Waals surface area contributed by atoms with E-state index in [0.717, 1.165) is 25.0 Å². The van der Waals surface area contributed by atoms with Gasteiger partial charge in [-0.15, -0.1) is 0 Å². The molecule has 0 bridgehead atoms. The van der Waals surface area contributed by atoms with Crippen molar-refractivity contribution in [1.29, 1.82) is 0 Å². The molecule has 0 aliphatic heterocycles. The summed E-state index contributed by atoms with van der Waals surface area (Å²) in [5.41, 5.74) is 2.67. The van der Waals surface area contributed by atoms with Gasteiger partial charge in [-0.3, -0.25) is 4.79 Å². The third-order valence-corrected chi connectivity index (χ3v) is 7.12. The van der Waals surface area contributed by atoms with Crippen LogP contribution in [-0.4, -0.2) is 12.6 Å². The van der Waals surface area contributed by atoms with Gasteiger partial charge in [0.25, 0.3) is 6.47 Å². The molecule has 1 aliphatic rings. The van der Waals surface area contributed by atoms with E-state index in [1.165, 1.54) is 68.9 Å². The Kier molecular flexibility index (Phi) is 9.64. The van der Waals surface area contributed by atoms with E-state index < -0.39 is 0 Å². The Morgan fingerprint density at radius 2 is 1.19 bits per heavy atom. The number of hydrogen-bond acceptors (Lipinski definition) is 3. The highest BCUT2D eigenvalue weighted by Crippen LogP contribution is 2.43. The number of carbonyl (C=O) groups is 1. The van der Waals surface area contributed by atoms with Gasteiger partial charge < -0.3 is 9.47 Å². The number of carbonyl (C=O) groups excluding carboxylic acids is 1. The zero-order valence-corrected chi connectivity index (χ0v) is 20.0. The van der Waals surface area contributed by atoms with Gasteiger partial charge in [0.05, 0.1) is 6.10 Å². The highest BCUT2D eigenvalue weighted by Gasteiger charge is 2.33. The van der Waals surface area contributed by atoms with Crippen LogP contribution in [0.25, 0.3) is 0 Å². The smallest absolute Gasteiger partial charge is 0.298 e. The first-order valence-electron chi connectivity index (χ1n) is 12.7. The van der Waals surface area contributed by atoms with Crippen LogP contribution in [0.4, 0.5) is 0 Å². The Labute approximate surface area is 194 Å². The average molecular weight is 437 g/mol. The number of hydrogen-bond donors (Lipinski definition) is 0. The van der Waals surface area contributed by atoms with Gasteiger partial charge in [0.2, 0.25) is 0 Å².